The minimum atomic E-state index is -0.420. The van der Waals surface area contributed by atoms with Crippen LogP contribution in [0.15, 0.2) is 74.7 Å². The van der Waals surface area contributed by atoms with Gasteiger partial charge < -0.3 is 18.6 Å². The quantitative estimate of drug-likeness (QED) is 0.366. The number of halogens is 1. The van der Waals surface area contributed by atoms with E-state index in [1.165, 1.54) is 17.4 Å². The van der Waals surface area contributed by atoms with E-state index in [0.29, 0.717) is 33.5 Å². The Kier molecular flexibility index (Phi) is 6.37. The largest absolute Gasteiger partial charge is 0.493 e. The Bertz CT molecular complexity index is 1280. The topological polar surface area (TPSA) is 70.5 Å². The highest BCUT2D eigenvalue weighted by Crippen LogP contribution is 2.41. The molecule has 4 aromatic rings. The van der Waals surface area contributed by atoms with Crippen molar-refractivity contribution in [3.8, 4) is 28.5 Å². The number of hydrogen-bond acceptors (Lipinski definition) is 7. The van der Waals surface area contributed by atoms with Crippen LogP contribution in [0.5, 0.6) is 17.2 Å². The first kappa shape index (κ1) is 21.4. The Morgan fingerprint density at radius 2 is 1.75 bits per heavy atom. The van der Waals surface area contributed by atoms with Gasteiger partial charge in [0.15, 0.2) is 11.5 Å². The SMILES string of the molecule is COc1cc(-c2csc(=Nc3ccccc3F)n2N=Cc2ccco2)cc(OC)c1OC. The number of furan rings is 1. The molecule has 7 nitrogen and oxygen atoms in total. The van der Waals surface area contributed by atoms with E-state index in [1.54, 1.807) is 68.8 Å². The molecule has 2 aromatic heterocycles. The van der Waals surface area contributed by atoms with Gasteiger partial charge in [0.1, 0.15) is 17.3 Å². The van der Waals surface area contributed by atoms with Gasteiger partial charge in [-0.25, -0.2) is 14.1 Å². The highest BCUT2D eigenvalue weighted by atomic mass is 32.1. The minimum Gasteiger partial charge on any atom is -0.493 e. The van der Waals surface area contributed by atoms with Gasteiger partial charge in [-0.15, -0.1) is 11.3 Å². The van der Waals surface area contributed by atoms with E-state index in [9.17, 15) is 4.39 Å². The standard InChI is InChI=1S/C23H20FN3O4S/c1-28-20-11-15(12-21(29-2)22(20)30-3)19-14-32-23(26-18-9-5-4-8-17(18)24)27(19)25-13-16-7-6-10-31-16/h4-14H,1-3H3. The first-order valence-electron chi connectivity index (χ1n) is 9.52. The molecule has 164 valence electrons. The van der Waals surface area contributed by atoms with Crippen LogP contribution in [-0.4, -0.2) is 32.2 Å². The van der Waals surface area contributed by atoms with Crippen molar-refractivity contribution < 1.29 is 23.0 Å². The Balaban J connectivity index is 1.92. The van der Waals surface area contributed by atoms with E-state index in [0.717, 1.165) is 5.56 Å². The van der Waals surface area contributed by atoms with Gasteiger partial charge in [0, 0.05) is 10.9 Å². The summed E-state index contributed by atoms with van der Waals surface area (Å²) in [6.45, 7) is 0. The number of nitrogens with zero attached hydrogens (tertiary/aromatic N) is 3. The van der Waals surface area contributed by atoms with Crippen LogP contribution in [0.1, 0.15) is 5.76 Å². The second kappa shape index (κ2) is 9.52. The summed E-state index contributed by atoms with van der Waals surface area (Å²) in [5.74, 6) is 1.63. The molecule has 0 aliphatic rings. The fourth-order valence-electron chi connectivity index (χ4n) is 3.04. The van der Waals surface area contributed by atoms with Crippen molar-refractivity contribution in [2.75, 3.05) is 21.3 Å². The van der Waals surface area contributed by atoms with Gasteiger partial charge in [-0.2, -0.15) is 5.10 Å². The summed E-state index contributed by atoms with van der Waals surface area (Å²) in [4.78, 5) is 4.95. The fraction of sp³-hybridized carbons (Fsp3) is 0.130. The van der Waals surface area contributed by atoms with E-state index in [1.807, 2.05) is 17.5 Å². The number of aromatic nitrogens is 1. The number of ether oxygens (including phenoxy) is 3. The highest BCUT2D eigenvalue weighted by molar-refractivity contribution is 7.07. The van der Waals surface area contributed by atoms with Crippen molar-refractivity contribution in [1.29, 1.82) is 0 Å². The molecular formula is C23H20FN3O4S. The second-order valence-electron chi connectivity index (χ2n) is 6.45. The molecule has 32 heavy (non-hydrogen) atoms. The Morgan fingerprint density at radius 1 is 1.00 bits per heavy atom. The van der Waals surface area contributed by atoms with Crippen LogP contribution < -0.4 is 19.0 Å². The van der Waals surface area contributed by atoms with Crippen molar-refractivity contribution in [3.63, 3.8) is 0 Å². The lowest BCUT2D eigenvalue weighted by Gasteiger charge is -2.14. The average molecular weight is 453 g/mol. The number of para-hydroxylation sites is 1. The molecule has 0 aliphatic carbocycles. The summed E-state index contributed by atoms with van der Waals surface area (Å²) in [6, 6.07) is 13.5. The number of rotatable bonds is 7. The average Bonchev–Trinajstić information content (AvgIpc) is 3.48. The normalized spacial score (nSPS) is 11.8. The Morgan fingerprint density at radius 3 is 2.38 bits per heavy atom. The van der Waals surface area contributed by atoms with Gasteiger partial charge in [-0.1, -0.05) is 12.1 Å². The van der Waals surface area contributed by atoms with Crippen molar-refractivity contribution in [1.82, 2.24) is 4.68 Å². The van der Waals surface area contributed by atoms with E-state index >= 15 is 0 Å². The van der Waals surface area contributed by atoms with Gasteiger partial charge in [0.05, 0.1) is 39.5 Å². The van der Waals surface area contributed by atoms with Crippen molar-refractivity contribution in [3.05, 3.63) is 76.6 Å². The molecule has 0 N–H and O–H groups in total. The molecule has 0 radical (unpaired) electrons. The number of thiazole rings is 1. The summed E-state index contributed by atoms with van der Waals surface area (Å²) in [7, 11) is 4.65. The molecule has 0 spiro atoms. The maximum Gasteiger partial charge on any atom is 0.211 e. The smallest absolute Gasteiger partial charge is 0.211 e. The molecule has 9 heteroatoms. The summed E-state index contributed by atoms with van der Waals surface area (Å²) >= 11 is 1.32. The number of methoxy groups -OCH3 is 3. The van der Waals surface area contributed by atoms with Gasteiger partial charge in [0.25, 0.3) is 0 Å². The number of benzene rings is 2. The van der Waals surface area contributed by atoms with Crippen LogP contribution in [0.2, 0.25) is 0 Å². The third-order valence-electron chi connectivity index (χ3n) is 4.56. The maximum atomic E-state index is 14.2. The predicted molar refractivity (Wildman–Crippen MR) is 121 cm³/mol. The van der Waals surface area contributed by atoms with E-state index in [4.69, 9.17) is 18.6 Å². The molecule has 2 aromatic carbocycles. The monoisotopic (exact) mass is 453 g/mol. The van der Waals surface area contributed by atoms with Crippen LogP contribution in [0.25, 0.3) is 11.3 Å². The van der Waals surface area contributed by atoms with Crippen LogP contribution in [0.3, 0.4) is 0 Å². The summed E-state index contributed by atoms with van der Waals surface area (Å²) in [6.07, 6.45) is 3.12. The third kappa shape index (κ3) is 4.28. The first-order valence-corrected chi connectivity index (χ1v) is 10.4. The lowest BCUT2D eigenvalue weighted by atomic mass is 10.1. The van der Waals surface area contributed by atoms with E-state index in [2.05, 4.69) is 10.1 Å². The third-order valence-corrected chi connectivity index (χ3v) is 5.37. The minimum absolute atomic E-state index is 0.216. The van der Waals surface area contributed by atoms with Crippen LogP contribution in [0.4, 0.5) is 10.1 Å². The molecule has 4 rings (SSSR count). The lowest BCUT2D eigenvalue weighted by molar-refractivity contribution is 0.324. The molecule has 0 atom stereocenters. The van der Waals surface area contributed by atoms with Gasteiger partial charge in [0.2, 0.25) is 10.6 Å². The van der Waals surface area contributed by atoms with Gasteiger partial charge in [-0.05, 0) is 36.4 Å². The molecule has 0 amide bonds. The zero-order chi connectivity index (χ0) is 22.5. The molecule has 0 saturated heterocycles. The fourth-order valence-corrected chi connectivity index (χ4v) is 3.89. The van der Waals surface area contributed by atoms with Crippen LogP contribution in [0, 0.1) is 5.82 Å². The zero-order valence-electron chi connectivity index (χ0n) is 17.6. The van der Waals surface area contributed by atoms with Crippen LogP contribution >= 0.6 is 11.3 Å². The predicted octanol–water partition coefficient (Wildman–Crippen LogP) is 5.09. The van der Waals surface area contributed by atoms with Gasteiger partial charge in [-0.3, -0.25) is 0 Å². The zero-order valence-corrected chi connectivity index (χ0v) is 18.4. The van der Waals surface area contributed by atoms with Crippen LogP contribution in [-0.2, 0) is 0 Å². The molecule has 2 heterocycles. The molecule has 0 unspecified atom stereocenters. The summed E-state index contributed by atoms with van der Waals surface area (Å²) in [5.41, 5.74) is 1.67. The molecule has 0 aliphatic heterocycles. The highest BCUT2D eigenvalue weighted by Gasteiger charge is 2.17. The number of hydrogen-bond donors (Lipinski definition) is 0. The van der Waals surface area contributed by atoms with E-state index in [-0.39, 0.29) is 5.69 Å². The van der Waals surface area contributed by atoms with Gasteiger partial charge >= 0.3 is 0 Å². The van der Waals surface area contributed by atoms with Crippen molar-refractivity contribution >= 4 is 23.2 Å². The second-order valence-corrected chi connectivity index (χ2v) is 7.29. The Hall–Kier alpha value is -3.85. The van der Waals surface area contributed by atoms with E-state index < -0.39 is 5.82 Å². The molecule has 0 fully saturated rings. The summed E-state index contributed by atoms with van der Waals surface area (Å²) < 4.78 is 37.6. The molecule has 0 saturated carbocycles. The maximum absolute atomic E-state index is 14.2. The summed E-state index contributed by atoms with van der Waals surface area (Å²) in [5, 5.41) is 6.42. The molecular weight excluding hydrogens is 433 g/mol. The Labute approximate surface area is 187 Å². The van der Waals surface area contributed by atoms with Crippen molar-refractivity contribution in [2.24, 2.45) is 10.1 Å². The first-order chi connectivity index (χ1) is 15.6. The molecule has 0 bridgehead atoms. The van der Waals surface area contributed by atoms with Crippen molar-refractivity contribution in [2.45, 2.75) is 0 Å². The lowest BCUT2D eigenvalue weighted by Crippen LogP contribution is -2.11.